The van der Waals surface area contributed by atoms with Crippen molar-refractivity contribution in [1.29, 1.82) is 0 Å². The van der Waals surface area contributed by atoms with Crippen molar-refractivity contribution in [2.45, 2.75) is 38.8 Å². The first-order chi connectivity index (χ1) is 8.84. The van der Waals surface area contributed by atoms with Gasteiger partial charge in [0.15, 0.2) is 0 Å². The Hall–Kier alpha value is -0.900. The number of nitrogens with zero attached hydrogens (tertiary/aromatic N) is 1. The van der Waals surface area contributed by atoms with Crippen LogP contribution in [0.25, 0.3) is 0 Å². The Balaban J connectivity index is 2.52. The number of hydrogen-bond donors (Lipinski definition) is 2. The van der Waals surface area contributed by atoms with Gasteiger partial charge in [-0.2, -0.15) is 0 Å². The molecule has 0 radical (unpaired) electrons. The summed E-state index contributed by atoms with van der Waals surface area (Å²) >= 11 is 0. The highest BCUT2D eigenvalue weighted by Crippen LogP contribution is 2.15. The Kier molecular flexibility index (Phi) is 5.98. The lowest BCUT2D eigenvalue weighted by Crippen LogP contribution is -2.46. The Labute approximate surface area is 117 Å². The van der Waals surface area contributed by atoms with Gasteiger partial charge in [-0.3, -0.25) is 0 Å². The van der Waals surface area contributed by atoms with Crippen LogP contribution in [0.3, 0.4) is 0 Å². The quantitative estimate of drug-likeness (QED) is 0.792. The molecule has 0 heterocycles. The molecule has 0 amide bonds. The highest BCUT2D eigenvalue weighted by atomic mass is 16.3. The molecule has 0 saturated heterocycles. The van der Waals surface area contributed by atoms with E-state index >= 15 is 0 Å². The molecule has 0 aromatic heterocycles. The van der Waals surface area contributed by atoms with E-state index in [4.69, 9.17) is 0 Å². The Morgan fingerprint density at radius 3 is 2.32 bits per heavy atom. The minimum Gasteiger partial charge on any atom is -0.388 e. The van der Waals surface area contributed by atoms with Crippen molar-refractivity contribution in [1.82, 2.24) is 10.2 Å². The molecule has 1 aromatic carbocycles. The summed E-state index contributed by atoms with van der Waals surface area (Å²) in [6.45, 7) is 7.40. The highest BCUT2D eigenvalue weighted by Gasteiger charge is 2.21. The largest absolute Gasteiger partial charge is 0.388 e. The van der Waals surface area contributed by atoms with Gasteiger partial charge in [-0.05, 0) is 45.5 Å². The standard InChI is InChI=1S/C16H28N2O/c1-6-14-7-9-15(10-8-14)13(2)17-11-16(3,19)12-18(4)5/h7-10,13,17,19H,6,11-12H2,1-5H3. The van der Waals surface area contributed by atoms with Gasteiger partial charge in [0.1, 0.15) is 0 Å². The fourth-order valence-corrected chi connectivity index (χ4v) is 2.27. The van der Waals surface area contributed by atoms with Crippen molar-refractivity contribution in [3.05, 3.63) is 35.4 Å². The first-order valence-electron chi connectivity index (χ1n) is 7.03. The molecule has 1 rings (SSSR count). The molecule has 0 aliphatic carbocycles. The van der Waals surface area contributed by atoms with Crippen LogP contribution in [-0.2, 0) is 6.42 Å². The van der Waals surface area contributed by atoms with E-state index in [0.717, 1.165) is 6.42 Å². The van der Waals surface area contributed by atoms with Crippen LogP contribution in [0.15, 0.2) is 24.3 Å². The van der Waals surface area contributed by atoms with Gasteiger partial charge in [0.2, 0.25) is 0 Å². The number of nitrogens with one attached hydrogen (secondary N) is 1. The third kappa shape index (κ3) is 5.72. The van der Waals surface area contributed by atoms with Crippen LogP contribution in [0.1, 0.15) is 37.9 Å². The van der Waals surface area contributed by atoms with Gasteiger partial charge in [-0.1, -0.05) is 31.2 Å². The normalized spacial score (nSPS) is 16.4. The molecule has 2 unspecified atom stereocenters. The Morgan fingerprint density at radius 2 is 1.84 bits per heavy atom. The maximum atomic E-state index is 10.3. The molecule has 1 aromatic rings. The van der Waals surface area contributed by atoms with Gasteiger partial charge >= 0.3 is 0 Å². The Morgan fingerprint density at radius 1 is 1.26 bits per heavy atom. The van der Waals surface area contributed by atoms with E-state index < -0.39 is 5.60 Å². The predicted octanol–water partition coefficient (Wildman–Crippen LogP) is 2.21. The van der Waals surface area contributed by atoms with Crippen molar-refractivity contribution in [2.24, 2.45) is 0 Å². The molecule has 2 N–H and O–H groups in total. The summed E-state index contributed by atoms with van der Waals surface area (Å²) < 4.78 is 0. The summed E-state index contributed by atoms with van der Waals surface area (Å²) in [5.41, 5.74) is 1.91. The molecule has 3 heteroatoms. The fourth-order valence-electron chi connectivity index (χ4n) is 2.27. The van der Waals surface area contributed by atoms with E-state index in [0.29, 0.717) is 13.1 Å². The molecule has 0 spiro atoms. The average Bonchev–Trinajstić information content (AvgIpc) is 2.34. The summed E-state index contributed by atoms with van der Waals surface area (Å²) in [5, 5.41) is 13.7. The summed E-state index contributed by atoms with van der Waals surface area (Å²) in [7, 11) is 3.95. The summed E-state index contributed by atoms with van der Waals surface area (Å²) in [4.78, 5) is 2.00. The molecule has 0 aliphatic heterocycles. The second kappa shape index (κ2) is 7.04. The van der Waals surface area contributed by atoms with Gasteiger partial charge in [0.25, 0.3) is 0 Å². The third-order valence-corrected chi connectivity index (χ3v) is 3.33. The van der Waals surface area contributed by atoms with E-state index in [1.165, 1.54) is 11.1 Å². The fraction of sp³-hybridized carbons (Fsp3) is 0.625. The van der Waals surface area contributed by atoms with Crippen LogP contribution in [0.5, 0.6) is 0 Å². The zero-order chi connectivity index (χ0) is 14.5. The van der Waals surface area contributed by atoms with Crippen molar-refractivity contribution < 1.29 is 5.11 Å². The van der Waals surface area contributed by atoms with Crippen molar-refractivity contribution >= 4 is 0 Å². The van der Waals surface area contributed by atoms with E-state index in [2.05, 4.69) is 43.4 Å². The van der Waals surface area contributed by atoms with E-state index in [1.54, 1.807) is 0 Å². The SMILES string of the molecule is CCc1ccc(C(C)NCC(C)(O)CN(C)C)cc1. The molecule has 19 heavy (non-hydrogen) atoms. The van der Waals surface area contributed by atoms with Gasteiger partial charge < -0.3 is 15.3 Å². The zero-order valence-corrected chi connectivity index (χ0v) is 12.9. The number of likely N-dealkylation sites (N-methyl/N-ethyl adjacent to an activating group) is 1. The summed E-state index contributed by atoms with van der Waals surface area (Å²) in [6, 6.07) is 8.92. The highest BCUT2D eigenvalue weighted by molar-refractivity contribution is 5.24. The lowest BCUT2D eigenvalue weighted by atomic mass is 10.0. The van der Waals surface area contributed by atoms with Crippen LogP contribution in [-0.4, -0.2) is 42.8 Å². The second-order valence-electron chi connectivity index (χ2n) is 5.93. The molecule has 108 valence electrons. The second-order valence-corrected chi connectivity index (χ2v) is 5.93. The lowest BCUT2D eigenvalue weighted by Gasteiger charge is -2.29. The van der Waals surface area contributed by atoms with Crippen molar-refractivity contribution in [3.8, 4) is 0 Å². The third-order valence-electron chi connectivity index (χ3n) is 3.33. The molecule has 0 aliphatic rings. The number of aryl methyl sites for hydroxylation is 1. The lowest BCUT2D eigenvalue weighted by molar-refractivity contribution is 0.0317. The number of benzene rings is 1. The molecular weight excluding hydrogens is 236 g/mol. The molecular formula is C16H28N2O. The van der Waals surface area contributed by atoms with Gasteiger partial charge in [0, 0.05) is 19.1 Å². The van der Waals surface area contributed by atoms with Crippen LogP contribution < -0.4 is 5.32 Å². The maximum Gasteiger partial charge on any atom is 0.0869 e. The van der Waals surface area contributed by atoms with Crippen LogP contribution >= 0.6 is 0 Å². The topological polar surface area (TPSA) is 35.5 Å². The van der Waals surface area contributed by atoms with Gasteiger partial charge in [-0.15, -0.1) is 0 Å². The van der Waals surface area contributed by atoms with Crippen LogP contribution in [0.2, 0.25) is 0 Å². The van der Waals surface area contributed by atoms with E-state index in [9.17, 15) is 5.11 Å². The number of aliphatic hydroxyl groups is 1. The number of rotatable bonds is 7. The monoisotopic (exact) mass is 264 g/mol. The summed E-state index contributed by atoms with van der Waals surface area (Å²) in [6.07, 6.45) is 1.07. The molecule has 0 fully saturated rings. The van der Waals surface area contributed by atoms with Crippen molar-refractivity contribution in [3.63, 3.8) is 0 Å². The van der Waals surface area contributed by atoms with Gasteiger partial charge in [-0.25, -0.2) is 0 Å². The first-order valence-corrected chi connectivity index (χ1v) is 7.03. The van der Waals surface area contributed by atoms with E-state index in [1.807, 2.05) is 25.9 Å². The molecule has 3 nitrogen and oxygen atoms in total. The Bertz CT molecular complexity index is 371. The molecule has 0 saturated carbocycles. The minimum absolute atomic E-state index is 0.250. The first kappa shape index (κ1) is 16.2. The summed E-state index contributed by atoms with van der Waals surface area (Å²) in [5.74, 6) is 0. The smallest absolute Gasteiger partial charge is 0.0869 e. The van der Waals surface area contributed by atoms with Crippen molar-refractivity contribution in [2.75, 3.05) is 27.2 Å². The zero-order valence-electron chi connectivity index (χ0n) is 12.9. The number of hydrogen-bond acceptors (Lipinski definition) is 3. The van der Waals surface area contributed by atoms with Crippen LogP contribution in [0.4, 0.5) is 0 Å². The minimum atomic E-state index is -0.707. The molecule has 0 bridgehead atoms. The van der Waals surface area contributed by atoms with Gasteiger partial charge in [0.05, 0.1) is 5.60 Å². The van der Waals surface area contributed by atoms with E-state index in [-0.39, 0.29) is 6.04 Å². The maximum absolute atomic E-state index is 10.3. The predicted molar refractivity (Wildman–Crippen MR) is 81.4 cm³/mol. The average molecular weight is 264 g/mol. The van der Waals surface area contributed by atoms with Crippen LogP contribution in [0, 0.1) is 0 Å². The molecule has 2 atom stereocenters.